The molecule has 2 aromatic rings. The minimum absolute atomic E-state index is 0.141. The number of nitriles is 1. The van der Waals surface area contributed by atoms with E-state index in [1.54, 1.807) is 6.92 Å². The van der Waals surface area contributed by atoms with Crippen LogP contribution in [-0.2, 0) is 19.4 Å². The second kappa shape index (κ2) is 5.15. The number of aromatic amines is 1. The van der Waals surface area contributed by atoms with E-state index in [0.29, 0.717) is 16.1 Å². The fraction of sp³-hybridized carbons (Fsp3) is 0.533. The van der Waals surface area contributed by atoms with Crippen LogP contribution < -0.4 is 11.2 Å². The molecule has 0 spiro atoms. The third kappa shape index (κ3) is 2.32. The molecule has 0 saturated carbocycles. The SMILES string of the molecule is CC(C#N)Cn1c(=O)[nH]c2sc3c(c2c1=O)CCC(C)C3. The van der Waals surface area contributed by atoms with Gasteiger partial charge < -0.3 is 0 Å². The van der Waals surface area contributed by atoms with Gasteiger partial charge in [-0.15, -0.1) is 11.3 Å². The predicted octanol–water partition coefficient (Wildman–Crippen LogP) is 2.04. The zero-order chi connectivity index (χ0) is 15.1. The number of fused-ring (bicyclic) bond motifs is 3. The van der Waals surface area contributed by atoms with Crippen LogP contribution in [0.25, 0.3) is 10.2 Å². The molecule has 0 bridgehead atoms. The van der Waals surface area contributed by atoms with E-state index in [0.717, 1.165) is 24.8 Å². The maximum Gasteiger partial charge on any atom is 0.329 e. The Labute approximate surface area is 125 Å². The second-order valence-electron chi connectivity index (χ2n) is 5.93. The van der Waals surface area contributed by atoms with Crippen molar-refractivity contribution >= 4 is 21.6 Å². The maximum atomic E-state index is 12.7. The lowest BCUT2D eigenvalue weighted by atomic mass is 9.89. The lowest BCUT2D eigenvalue weighted by Crippen LogP contribution is -2.36. The Morgan fingerprint density at radius 3 is 3.00 bits per heavy atom. The molecule has 1 N–H and O–H groups in total. The average molecular weight is 303 g/mol. The van der Waals surface area contributed by atoms with Crippen molar-refractivity contribution < 1.29 is 0 Å². The number of nitrogens with one attached hydrogen (secondary N) is 1. The van der Waals surface area contributed by atoms with E-state index in [9.17, 15) is 9.59 Å². The van der Waals surface area contributed by atoms with Gasteiger partial charge in [-0.2, -0.15) is 5.26 Å². The number of nitrogens with zero attached hydrogens (tertiary/aromatic N) is 2. The summed E-state index contributed by atoms with van der Waals surface area (Å²) in [6.07, 6.45) is 2.95. The first-order valence-corrected chi connectivity index (χ1v) is 8.00. The molecule has 1 aliphatic rings. The summed E-state index contributed by atoms with van der Waals surface area (Å²) in [7, 11) is 0. The van der Waals surface area contributed by atoms with E-state index in [1.807, 2.05) is 0 Å². The zero-order valence-corrected chi connectivity index (χ0v) is 12.9. The van der Waals surface area contributed by atoms with E-state index in [2.05, 4.69) is 18.0 Å². The van der Waals surface area contributed by atoms with Crippen LogP contribution in [0.2, 0.25) is 0 Å². The Kier molecular flexibility index (Phi) is 3.46. The summed E-state index contributed by atoms with van der Waals surface area (Å²) < 4.78 is 1.17. The first kappa shape index (κ1) is 14.1. The molecule has 21 heavy (non-hydrogen) atoms. The van der Waals surface area contributed by atoms with Crippen molar-refractivity contribution in [3.8, 4) is 6.07 Å². The highest BCUT2D eigenvalue weighted by molar-refractivity contribution is 7.18. The van der Waals surface area contributed by atoms with E-state index in [1.165, 1.54) is 20.8 Å². The number of aryl methyl sites for hydroxylation is 1. The maximum absolute atomic E-state index is 12.7. The highest BCUT2D eigenvalue weighted by Crippen LogP contribution is 2.35. The Morgan fingerprint density at radius 2 is 2.29 bits per heavy atom. The summed E-state index contributed by atoms with van der Waals surface area (Å²) in [6.45, 7) is 4.06. The minimum atomic E-state index is -0.416. The fourth-order valence-electron chi connectivity index (χ4n) is 2.94. The highest BCUT2D eigenvalue weighted by Gasteiger charge is 2.23. The van der Waals surface area contributed by atoms with E-state index in [-0.39, 0.29) is 18.0 Å². The molecule has 0 amide bonds. The molecular weight excluding hydrogens is 286 g/mol. The lowest BCUT2D eigenvalue weighted by molar-refractivity contribution is 0.508. The van der Waals surface area contributed by atoms with Gasteiger partial charge in [0.05, 0.1) is 17.4 Å². The van der Waals surface area contributed by atoms with Crippen molar-refractivity contribution in [2.75, 3.05) is 0 Å². The van der Waals surface area contributed by atoms with Crippen molar-refractivity contribution in [2.45, 2.75) is 39.7 Å². The Bertz CT molecular complexity index is 853. The van der Waals surface area contributed by atoms with Crippen LogP contribution in [0.1, 0.15) is 30.7 Å². The van der Waals surface area contributed by atoms with Crippen molar-refractivity contribution in [1.29, 1.82) is 5.26 Å². The summed E-state index contributed by atoms with van der Waals surface area (Å²) in [5.41, 5.74) is 0.442. The molecular formula is C15H17N3O2S. The second-order valence-corrected chi connectivity index (χ2v) is 7.04. The Morgan fingerprint density at radius 1 is 1.52 bits per heavy atom. The average Bonchev–Trinajstić information content (AvgIpc) is 2.79. The molecule has 0 aromatic carbocycles. The summed E-state index contributed by atoms with van der Waals surface area (Å²) in [5.74, 6) is 0.258. The first-order valence-electron chi connectivity index (χ1n) is 7.18. The molecule has 0 fully saturated rings. The van der Waals surface area contributed by atoms with Crippen molar-refractivity contribution in [1.82, 2.24) is 9.55 Å². The van der Waals surface area contributed by atoms with Gasteiger partial charge in [-0.25, -0.2) is 4.79 Å². The fourth-order valence-corrected chi connectivity index (χ4v) is 4.33. The number of hydrogen-bond donors (Lipinski definition) is 1. The van der Waals surface area contributed by atoms with Gasteiger partial charge in [-0.3, -0.25) is 14.3 Å². The van der Waals surface area contributed by atoms with Crippen LogP contribution in [0.15, 0.2) is 9.59 Å². The summed E-state index contributed by atoms with van der Waals surface area (Å²) >= 11 is 1.53. The Hall–Kier alpha value is -1.87. The van der Waals surface area contributed by atoms with Crippen LogP contribution in [0, 0.1) is 23.2 Å². The lowest BCUT2D eigenvalue weighted by Gasteiger charge is -2.17. The van der Waals surface area contributed by atoms with Gasteiger partial charge in [-0.05, 0) is 37.7 Å². The van der Waals surface area contributed by atoms with E-state index >= 15 is 0 Å². The number of aromatic nitrogens is 2. The number of H-pyrrole nitrogens is 1. The minimum Gasteiger partial charge on any atom is -0.298 e. The molecule has 0 radical (unpaired) electrons. The first-order chi connectivity index (χ1) is 10.0. The summed E-state index contributed by atoms with van der Waals surface area (Å²) in [4.78, 5) is 29.5. The molecule has 2 aromatic heterocycles. The third-order valence-electron chi connectivity index (χ3n) is 4.11. The van der Waals surface area contributed by atoms with E-state index < -0.39 is 5.69 Å². The largest absolute Gasteiger partial charge is 0.329 e. The number of thiophene rings is 1. The van der Waals surface area contributed by atoms with Crippen LogP contribution in [0.5, 0.6) is 0 Å². The monoisotopic (exact) mass is 303 g/mol. The zero-order valence-electron chi connectivity index (χ0n) is 12.1. The van der Waals surface area contributed by atoms with Crippen molar-refractivity contribution in [3.63, 3.8) is 0 Å². The van der Waals surface area contributed by atoms with Gasteiger partial charge >= 0.3 is 5.69 Å². The van der Waals surface area contributed by atoms with Gasteiger partial charge in [-0.1, -0.05) is 6.92 Å². The smallest absolute Gasteiger partial charge is 0.298 e. The highest BCUT2D eigenvalue weighted by atomic mass is 32.1. The summed E-state index contributed by atoms with van der Waals surface area (Å²) in [5, 5.41) is 9.56. The van der Waals surface area contributed by atoms with Crippen LogP contribution in [-0.4, -0.2) is 9.55 Å². The van der Waals surface area contributed by atoms with Gasteiger partial charge in [0.25, 0.3) is 5.56 Å². The van der Waals surface area contributed by atoms with Crippen molar-refractivity contribution in [2.24, 2.45) is 11.8 Å². The number of hydrogen-bond acceptors (Lipinski definition) is 4. The van der Waals surface area contributed by atoms with Crippen LogP contribution >= 0.6 is 11.3 Å². The van der Waals surface area contributed by atoms with Gasteiger partial charge in [0.1, 0.15) is 4.83 Å². The van der Waals surface area contributed by atoms with Gasteiger partial charge in [0.15, 0.2) is 0 Å². The topological polar surface area (TPSA) is 78.7 Å². The quantitative estimate of drug-likeness (QED) is 0.922. The molecule has 3 rings (SSSR count). The molecule has 2 unspecified atom stereocenters. The molecule has 0 aliphatic heterocycles. The molecule has 2 atom stereocenters. The van der Waals surface area contributed by atoms with Crippen LogP contribution in [0.4, 0.5) is 0 Å². The third-order valence-corrected chi connectivity index (χ3v) is 5.28. The molecule has 110 valence electrons. The van der Waals surface area contributed by atoms with Crippen LogP contribution in [0.3, 0.4) is 0 Å². The predicted molar refractivity (Wildman–Crippen MR) is 82.7 cm³/mol. The molecule has 5 nitrogen and oxygen atoms in total. The van der Waals surface area contributed by atoms with E-state index in [4.69, 9.17) is 5.26 Å². The molecule has 0 saturated heterocycles. The molecule has 1 aliphatic carbocycles. The van der Waals surface area contributed by atoms with Crippen molar-refractivity contribution in [3.05, 3.63) is 31.3 Å². The van der Waals surface area contributed by atoms with Gasteiger partial charge in [0, 0.05) is 11.4 Å². The summed E-state index contributed by atoms with van der Waals surface area (Å²) in [6, 6.07) is 2.07. The standard InChI is InChI=1S/C15H17N3O2S/c1-8-3-4-10-11(5-8)21-13-12(10)14(19)18(15(20)17-13)7-9(2)6-16/h8-9H,3-5,7H2,1-2H3,(H,17,20). The molecule has 6 heteroatoms. The van der Waals surface area contributed by atoms with Gasteiger partial charge in [0.2, 0.25) is 0 Å². The number of rotatable bonds is 2. The normalized spacial score (nSPS) is 19.2. The molecule has 2 heterocycles. The Balaban J connectivity index is 2.23.